The van der Waals surface area contributed by atoms with E-state index in [2.05, 4.69) is 33.9 Å². The lowest BCUT2D eigenvalue weighted by atomic mass is 9.95. The summed E-state index contributed by atoms with van der Waals surface area (Å²) in [6.45, 7) is 14.8. The number of rotatable bonds is 4. The van der Waals surface area contributed by atoms with E-state index in [1.54, 1.807) is 30.3 Å². The summed E-state index contributed by atoms with van der Waals surface area (Å²) in [6, 6.07) is 8.44. The lowest BCUT2D eigenvalue weighted by Crippen LogP contribution is -2.47. The first kappa shape index (κ1) is 22.3. The molecule has 0 spiro atoms. The third kappa shape index (κ3) is 4.73. The summed E-state index contributed by atoms with van der Waals surface area (Å²) in [5, 5.41) is 10.8. The maximum absolute atomic E-state index is 13.1. The molecule has 4 atom stereocenters. The Morgan fingerprint density at radius 2 is 1.67 bits per heavy atom. The number of benzene rings is 1. The monoisotopic (exact) mass is 410 g/mol. The zero-order valence-corrected chi connectivity index (χ0v) is 19.4. The maximum atomic E-state index is 13.1. The molecule has 1 aliphatic rings. The van der Waals surface area contributed by atoms with Gasteiger partial charge in [-0.15, -0.1) is 0 Å². The molecule has 0 saturated carbocycles. The van der Waals surface area contributed by atoms with Gasteiger partial charge in [0.1, 0.15) is 0 Å². The van der Waals surface area contributed by atoms with Crippen LogP contribution in [0.5, 0.6) is 0 Å². The molecule has 1 N–H and O–H groups in total. The van der Waals surface area contributed by atoms with Crippen molar-refractivity contribution in [2.75, 3.05) is 0 Å². The fourth-order valence-electron chi connectivity index (χ4n) is 3.18. The molecule has 2 rings (SSSR count). The van der Waals surface area contributed by atoms with Crippen molar-refractivity contribution in [3.05, 3.63) is 41.3 Å². The van der Waals surface area contributed by atoms with E-state index in [0.717, 1.165) is 0 Å². The average molecular weight is 411 g/mol. The minimum Gasteiger partial charge on any atom is -0.414 e. The predicted octanol–water partition coefficient (Wildman–Crippen LogP) is 4.77. The van der Waals surface area contributed by atoms with Gasteiger partial charge < -0.3 is 9.53 Å². The topological polar surface area (TPSA) is 63.6 Å². The summed E-state index contributed by atoms with van der Waals surface area (Å²) in [6.07, 6.45) is 1.10. The fourth-order valence-corrected chi connectivity index (χ4v) is 6.34. The molecule has 6 heteroatoms. The molecule has 27 heavy (non-hydrogen) atoms. The summed E-state index contributed by atoms with van der Waals surface area (Å²) in [5.41, 5.74) is 0. The second-order valence-electron chi connectivity index (χ2n) is 9.29. The van der Waals surface area contributed by atoms with Crippen molar-refractivity contribution in [1.29, 1.82) is 0 Å². The lowest BCUT2D eigenvalue weighted by Gasteiger charge is -2.41. The third-order valence-electron chi connectivity index (χ3n) is 6.15. The Morgan fingerprint density at radius 3 is 2.19 bits per heavy atom. The van der Waals surface area contributed by atoms with Crippen LogP contribution in [0.1, 0.15) is 41.0 Å². The van der Waals surface area contributed by atoms with E-state index >= 15 is 0 Å². The van der Waals surface area contributed by atoms with E-state index in [9.17, 15) is 13.5 Å². The van der Waals surface area contributed by atoms with Gasteiger partial charge in [0.2, 0.25) is 9.84 Å². The Kier molecular flexibility index (Phi) is 6.47. The van der Waals surface area contributed by atoms with Crippen LogP contribution >= 0.6 is 0 Å². The van der Waals surface area contributed by atoms with Crippen molar-refractivity contribution in [3.8, 4) is 0 Å². The molecule has 0 fully saturated rings. The van der Waals surface area contributed by atoms with Gasteiger partial charge in [0.15, 0.2) is 8.32 Å². The quantitative estimate of drug-likeness (QED) is 0.726. The van der Waals surface area contributed by atoms with Gasteiger partial charge in [-0.2, -0.15) is 0 Å². The molecule has 0 aliphatic heterocycles. The van der Waals surface area contributed by atoms with E-state index in [1.807, 2.05) is 13.8 Å². The second kappa shape index (κ2) is 7.82. The molecule has 1 aromatic rings. The second-order valence-corrected chi connectivity index (χ2v) is 16.0. The molecule has 0 heterocycles. The maximum Gasteiger partial charge on any atom is 0.202 e. The summed E-state index contributed by atoms with van der Waals surface area (Å²) in [7, 11) is -5.66. The highest BCUT2D eigenvalue weighted by atomic mass is 32.2. The Labute approximate surface area is 165 Å². The summed E-state index contributed by atoms with van der Waals surface area (Å²) in [4.78, 5) is 0.570. The highest BCUT2D eigenvalue weighted by molar-refractivity contribution is 7.95. The van der Waals surface area contributed by atoms with E-state index in [4.69, 9.17) is 4.43 Å². The van der Waals surface area contributed by atoms with Crippen molar-refractivity contribution in [1.82, 2.24) is 0 Å². The minimum absolute atomic E-state index is 0.0551. The molecular formula is C21H34O4SSi. The third-order valence-corrected chi connectivity index (χ3v) is 12.7. The van der Waals surface area contributed by atoms with Gasteiger partial charge in [0.05, 0.1) is 22.0 Å². The number of hydrogen-bond acceptors (Lipinski definition) is 4. The van der Waals surface area contributed by atoms with Crippen LogP contribution in [0, 0.1) is 11.8 Å². The van der Waals surface area contributed by atoms with Crippen molar-refractivity contribution in [3.63, 3.8) is 0 Å². The summed E-state index contributed by atoms with van der Waals surface area (Å²) < 4.78 is 32.9. The molecule has 0 radical (unpaired) electrons. The standard InChI is InChI=1S/C21H34O4SSi/c1-15-13-19(25-27(6,7)21(3,4)5)16(2)18(22)14-20(15)26(23,24)17-11-9-8-10-12-17/h8-12,14-16,18-19,22H,13H2,1-7H3/t15-,16+,18+,19+/m1/s1. The van der Waals surface area contributed by atoms with Gasteiger partial charge in [-0.3, -0.25) is 0 Å². The van der Waals surface area contributed by atoms with Gasteiger partial charge in [-0.1, -0.05) is 52.8 Å². The van der Waals surface area contributed by atoms with Crippen LogP contribution in [0.4, 0.5) is 0 Å². The Bertz CT molecular complexity index is 778. The molecule has 4 nitrogen and oxygen atoms in total. The van der Waals surface area contributed by atoms with Crippen LogP contribution in [-0.4, -0.2) is 34.0 Å². The van der Waals surface area contributed by atoms with Gasteiger partial charge in [0, 0.05) is 5.92 Å². The summed E-state index contributed by atoms with van der Waals surface area (Å²) in [5.74, 6) is -0.380. The predicted molar refractivity (Wildman–Crippen MR) is 113 cm³/mol. The van der Waals surface area contributed by atoms with Crippen molar-refractivity contribution in [2.24, 2.45) is 11.8 Å². The van der Waals surface area contributed by atoms with Crippen LogP contribution in [0.3, 0.4) is 0 Å². The Morgan fingerprint density at radius 1 is 1.11 bits per heavy atom. The molecule has 0 aromatic heterocycles. The highest BCUT2D eigenvalue weighted by Gasteiger charge is 2.43. The zero-order chi connectivity index (χ0) is 20.6. The molecular weight excluding hydrogens is 376 g/mol. The molecule has 152 valence electrons. The van der Waals surface area contributed by atoms with E-state index in [0.29, 0.717) is 11.3 Å². The average Bonchev–Trinajstić information content (AvgIpc) is 2.66. The smallest absolute Gasteiger partial charge is 0.202 e. The molecule has 1 aromatic carbocycles. The molecule has 0 saturated heterocycles. The number of hydrogen-bond donors (Lipinski definition) is 1. The summed E-state index contributed by atoms with van der Waals surface area (Å²) >= 11 is 0. The lowest BCUT2D eigenvalue weighted by molar-refractivity contribution is 0.0471. The van der Waals surface area contributed by atoms with Crippen LogP contribution in [0.2, 0.25) is 18.1 Å². The Balaban J connectivity index is 2.36. The highest BCUT2D eigenvalue weighted by Crippen LogP contribution is 2.41. The fraction of sp³-hybridized carbons (Fsp3) is 0.619. The number of allylic oxidation sites excluding steroid dienone is 1. The van der Waals surface area contributed by atoms with Crippen LogP contribution < -0.4 is 0 Å². The first-order valence-corrected chi connectivity index (χ1v) is 14.0. The van der Waals surface area contributed by atoms with E-state index < -0.39 is 24.3 Å². The SMILES string of the molecule is C[C@@H]1[C@@H](O[Si](C)(C)C(C)(C)C)C[C@@H](C)C(S(=O)(=O)c2ccccc2)=C[C@@H]1O. The first-order valence-electron chi connectivity index (χ1n) is 9.65. The number of sulfone groups is 1. The molecule has 0 amide bonds. The first-order chi connectivity index (χ1) is 12.3. The van der Waals surface area contributed by atoms with Gasteiger partial charge >= 0.3 is 0 Å². The van der Waals surface area contributed by atoms with Gasteiger partial charge in [-0.05, 0) is 48.7 Å². The molecule has 0 bridgehead atoms. The molecule has 1 aliphatic carbocycles. The zero-order valence-electron chi connectivity index (χ0n) is 17.6. The van der Waals surface area contributed by atoms with Crippen molar-refractivity contribution >= 4 is 18.2 Å². The molecule has 0 unspecified atom stereocenters. The van der Waals surface area contributed by atoms with E-state index in [-0.39, 0.29) is 27.9 Å². The number of aliphatic hydroxyl groups excluding tert-OH is 1. The Hall–Kier alpha value is -0.953. The largest absolute Gasteiger partial charge is 0.414 e. The van der Waals surface area contributed by atoms with Gasteiger partial charge in [0.25, 0.3) is 0 Å². The van der Waals surface area contributed by atoms with Crippen LogP contribution in [0.15, 0.2) is 46.2 Å². The van der Waals surface area contributed by atoms with Crippen LogP contribution in [-0.2, 0) is 14.3 Å². The van der Waals surface area contributed by atoms with Gasteiger partial charge in [-0.25, -0.2) is 8.42 Å². The minimum atomic E-state index is -3.63. The van der Waals surface area contributed by atoms with Crippen molar-refractivity contribution in [2.45, 2.75) is 76.3 Å². The normalized spacial score (nSPS) is 27.8. The van der Waals surface area contributed by atoms with Crippen LogP contribution in [0.25, 0.3) is 0 Å². The van der Waals surface area contributed by atoms with E-state index in [1.165, 1.54) is 6.08 Å². The van der Waals surface area contributed by atoms with Crippen molar-refractivity contribution < 1.29 is 18.0 Å². The number of aliphatic hydroxyl groups is 1.